The van der Waals surface area contributed by atoms with Gasteiger partial charge in [-0.2, -0.15) is 0 Å². The molecule has 4 nitrogen and oxygen atoms in total. The van der Waals surface area contributed by atoms with Gasteiger partial charge in [0.2, 0.25) is 0 Å². The van der Waals surface area contributed by atoms with Crippen LogP contribution in [0.2, 0.25) is 0 Å². The maximum Gasteiger partial charge on any atom is 0.323 e. The molecule has 0 spiro atoms. The number of methoxy groups -OCH3 is 2. The van der Waals surface area contributed by atoms with Gasteiger partial charge in [-0.1, -0.05) is 30.2 Å². The van der Waals surface area contributed by atoms with E-state index in [1.807, 2.05) is 0 Å². The molecule has 2 rings (SSSR count). The molecule has 0 unspecified atom stereocenters. The second kappa shape index (κ2) is 6.04. The summed E-state index contributed by atoms with van der Waals surface area (Å²) < 4.78 is 9.85. The third-order valence-electron chi connectivity index (χ3n) is 4.86. The zero-order valence-corrected chi connectivity index (χ0v) is 13.3. The Kier molecular flexibility index (Phi) is 4.55. The highest BCUT2D eigenvalue weighted by atomic mass is 16.5. The van der Waals surface area contributed by atoms with Crippen molar-refractivity contribution in [3.05, 3.63) is 23.3 Å². The van der Waals surface area contributed by atoms with E-state index in [1.165, 1.54) is 25.4 Å². The smallest absolute Gasteiger partial charge is 0.323 e. The van der Waals surface area contributed by atoms with Crippen LogP contribution in [-0.2, 0) is 19.1 Å². The van der Waals surface area contributed by atoms with Crippen LogP contribution < -0.4 is 0 Å². The van der Waals surface area contributed by atoms with Crippen molar-refractivity contribution >= 4 is 11.9 Å². The van der Waals surface area contributed by atoms with Gasteiger partial charge in [-0.05, 0) is 44.4 Å². The van der Waals surface area contributed by atoms with Crippen molar-refractivity contribution in [2.24, 2.45) is 17.3 Å². The summed E-state index contributed by atoms with van der Waals surface area (Å²) in [5.74, 6) is -0.317. The molecular formula is C17H24O4. The molecule has 0 radical (unpaired) electrons. The van der Waals surface area contributed by atoms with Crippen LogP contribution in [-0.4, -0.2) is 26.2 Å². The van der Waals surface area contributed by atoms with Crippen LogP contribution in [0.15, 0.2) is 23.3 Å². The molecule has 2 aliphatic carbocycles. The molecule has 0 N–H and O–H groups in total. The summed E-state index contributed by atoms with van der Waals surface area (Å²) in [5.41, 5.74) is 1.49. The minimum Gasteiger partial charge on any atom is -0.468 e. The minimum atomic E-state index is -1.18. The first-order valence-electron chi connectivity index (χ1n) is 7.48. The predicted octanol–water partition coefficient (Wildman–Crippen LogP) is 3.03. The van der Waals surface area contributed by atoms with Crippen LogP contribution in [0.1, 0.15) is 39.5 Å². The number of carbonyl (C=O) groups is 2. The summed E-state index contributed by atoms with van der Waals surface area (Å²) in [6.07, 6.45) is 6.95. The highest BCUT2D eigenvalue weighted by Gasteiger charge is 2.51. The molecule has 0 aromatic rings. The minimum absolute atomic E-state index is 0.127. The lowest BCUT2D eigenvalue weighted by molar-refractivity contribution is -0.170. The van der Waals surface area contributed by atoms with Gasteiger partial charge in [0.25, 0.3) is 0 Å². The number of hydrogen-bond acceptors (Lipinski definition) is 4. The van der Waals surface area contributed by atoms with Gasteiger partial charge in [-0.25, -0.2) is 0 Å². The van der Waals surface area contributed by atoms with Crippen molar-refractivity contribution in [1.82, 2.24) is 0 Å². The Morgan fingerprint density at radius 3 is 2.38 bits per heavy atom. The van der Waals surface area contributed by atoms with Crippen LogP contribution in [0, 0.1) is 17.3 Å². The summed E-state index contributed by atoms with van der Waals surface area (Å²) >= 11 is 0. The van der Waals surface area contributed by atoms with E-state index in [0.29, 0.717) is 18.8 Å². The van der Waals surface area contributed by atoms with E-state index in [-0.39, 0.29) is 5.92 Å². The van der Waals surface area contributed by atoms with Gasteiger partial charge in [-0.15, -0.1) is 0 Å². The fourth-order valence-corrected chi connectivity index (χ4v) is 3.57. The van der Waals surface area contributed by atoms with E-state index >= 15 is 0 Å². The number of carbonyl (C=O) groups excluding carboxylic acids is 2. The van der Waals surface area contributed by atoms with E-state index in [2.05, 4.69) is 26.0 Å². The fraction of sp³-hybridized carbons (Fsp3) is 0.647. The van der Waals surface area contributed by atoms with Crippen molar-refractivity contribution in [3.63, 3.8) is 0 Å². The molecule has 4 heteroatoms. The van der Waals surface area contributed by atoms with Gasteiger partial charge in [0, 0.05) is 0 Å². The van der Waals surface area contributed by atoms with Gasteiger partial charge < -0.3 is 9.47 Å². The molecule has 2 aliphatic rings. The molecule has 0 aromatic heterocycles. The molecule has 0 amide bonds. The Balaban J connectivity index is 2.42. The molecule has 21 heavy (non-hydrogen) atoms. The molecule has 0 bridgehead atoms. The molecule has 0 aromatic carbocycles. The number of allylic oxidation sites excluding steroid dienone is 4. The second-order valence-electron chi connectivity index (χ2n) is 6.25. The van der Waals surface area contributed by atoms with Gasteiger partial charge in [0.05, 0.1) is 14.2 Å². The Bertz CT molecular complexity index is 485. The summed E-state index contributed by atoms with van der Waals surface area (Å²) in [4.78, 5) is 24.6. The number of esters is 2. The molecule has 0 aliphatic heterocycles. The number of hydrogen-bond donors (Lipinski definition) is 0. The maximum atomic E-state index is 12.3. The van der Waals surface area contributed by atoms with E-state index in [0.717, 1.165) is 12.8 Å². The molecule has 0 saturated carbocycles. The lowest BCUT2D eigenvalue weighted by atomic mass is 9.73. The maximum absolute atomic E-state index is 12.3. The fourth-order valence-electron chi connectivity index (χ4n) is 3.57. The third kappa shape index (κ3) is 2.76. The third-order valence-corrected chi connectivity index (χ3v) is 4.86. The quantitative estimate of drug-likeness (QED) is 0.446. The average Bonchev–Trinajstić information content (AvgIpc) is 2.64. The van der Waals surface area contributed by atoms with Crippen molar-refractivity contribution in [2.75, 3.05) is 14.2 Å². The second-order valence-corrected chi connectivity index (χ2v) is 6.25. The van der Waals surface area contributed by atoms with Gasteiger partial charge >= 0.3 is 11.9 Å². The first-order chi connectivity index (χ1) is 9.94. The van der Waals surface area contributed by atoms with E-state index in [9.17, 15) is 9.59 Å². The van der Waals surface area contributed by atoms with Crippen LogP contribution in [0.3, 0.4) is 0 Å². The van der Waals surface area contributed by atoms with Gasteiger partial charge in [-0.3, -0.25) is 9.59 Å². The highest BCUT2D eigenvalue weighted by molar-refractivity contribution is 6.00. The molecular weight excluding hydrogens is 268 g/mol. The Labute approximate surface area is 126 Å². The first kappa shape index (κ1) is 15.8. The predicted molar refractivity (Wildman–Crippen MR) is 79.4 cm³/mol. The molecule has 116 valence electrons. The van der Waals surface area contributed by atoms with Crippen molar-refractivity contribution in [2.45, 2.75) is 39.5 Å². The zero-order chi connectivity index (χ0) is 15.6. The topological polar surface area (TPSA) is 52.6 Å². The standard InChI is InChI=1S/C17H24O4/c1-11-5-6-13-10-17(15(18)20-3,16(19)21-4)8-7-12(2)14(13)9-11/h5-6,11,13H,7-10H2,1-4H3/t11-,13-/m0/s1. The number of fused-ring (bicyclic) bond motifs is 1. The van der Waals surface area contributed by atoms with Crippen molar-refractivity contribution in [1.29, 1.82) is 0 Å². The number of rotatable bonds is 2. The van der Waals surface area contributed by atoms with E-state index < -0.39 is 17.4 Å². The SMILES string of the molecule is COC(=O)C1(C(=O)OC)CCC(C)=C2C[C@@H](C)C=C[C@H]2C1. The molecule has 0 heterocycles. The normalized spacial score (nSPS) is 27.6. The molecule has 0 saturated heterocycles. The van der Waals surface area contributed by atoms with E-state index in [4.69, 9.17) is 9.47 Å². The molecule has 0 fully saturated rings. The van der Waals surface area contributed by atoms with Gasteiger partial charge in [0.1, 0.15) is 0 Å². The Morgan fingerprint density at radius 2 is 1.81 bits per heavy atom. The van der Waals surface area contributed by atoms with Crippen molar-refractivity contribution < 1.29 is 19.1 Å². The summed E-state index contributed by atoms with van der Waals surface area (Å²) in [5, 5.41) is 0. The lowest BCUT2D eigenvalue weighted by Gasteiger charge is -2.31. The highest BCUT2D eigenvalue weighted by Crippen LogP contribution is 2.46. The van der Waals surface area contributed by atoms with Gasteiger partial charge in [0.15, 0.2) is 5.41 Å². The monoisotopic (exact) mass is 292 g/mol. The van der Waals surface area contributed by atoms with Crippen LogP contribution in [0.25, 0.3) is 0 Å². The summed E-state index contributed by atoms with van der Waals surface area (Å²) in [6, 6.07) is 0. The van der Waals surface area contributed by atoms with Crippen molar-refractivity contribution in [3.8, 4) is 0 Å². The zero-order valence-electron chi connectivity index (χ0n) is 13.3. The Hall–Kier alpha value is -1.58. The largest absolute Gasteiger partial charge is 0.468 e. The van der Waals surface area contributed by atoms with Crippen LogP contribution >= 0.6 is 0 Å². The summed E-state index contributed by atoms with van der Waals surface area (Å²) in [6.45, 7) is 4.30. The first-order valence-corrected chi connectivity index (χ1v) is 7.48. The number of ether oxygens (including phenoxy) is 2. The van der Waals surface area contributed by atoms with Crippen LogP contribution in [0.5, 0.6) is 0 Å². The lowest BCUT2D eigenvalue weighted by Crippen LogP contribution is -2.42. The molecule has 2 atom stereocenters. The Morgan fingerprint density at radius 1 is 1.19 bits per heavy atom. The summed E-state index contributed by atoms with van der Waals surface area (Å²) in [7, 11) is 2.66. The van der Waals surface area contributed by atoms with Crippen LogP contribution in [0.4, 0.5) is 0 Å². The average molecular weight is 292 g/mol. The van der Waals surface area contributed by atoms with E-state index in [1.54, 1.807) is 0 Å².